The Kier molecular flexibility index (Phi) is 9.23. The molecule has 0 radical (unpaired) electrons. The molecule has 0 saturated heterocycles. The number of aryl methyl sites for hydroxylation is 1. The average molecular weight is 649 g/mol. The summed E-state index contributed by atoms with van der Waals surface area (Å²) in [5.74, 6) is -0.616. The largest absolute Gasteiger partial charge is 0.755 e. The van der Waals surface area contributed by atoms with Crippen molar-refractivity contribution >= 4 is 43.7 Å². The van der Waals surface area contributed by atoms with Crippen molar-refractivity contribution < 1.29 is 31.4 Å². The van der Waals surface area contributed by atoms with Crippen molar-refractivity contribution in [2.75, 3.05) is 23.0 Å². The minimum Gasteiger partial charge on any atom is -0.755 e. The molecule has 0 spiro atoms. The maximum absolute atomic E-state index is 13.7. The van der Waals surface area contributed by atoms with Crippen molar-refractivity contribution in [1.82, 2.24) is 9.13 Å². The Morgan fingerprint density at radius 1 is 0.978 bits per heavy atom. The maximum Gasteiger partial charge on any atom is 0.354 e. The molecule has 13 heteroatoms. The van der Waals surface area contributed by atoms with Gasteiger partial charge in [0, 0.05) is 53.8 Å². The summed E-state index contributed by atoms with van der Waals surface area (Å²) in [7, 11) is -2.18. The van der Waals surface area contributed by atoms with Gasteiger partial charge in [-0.15, -0.1) is 0 Å². The van der Waals surface area contributed by atoms with Crippen LogP contribution in [0.2, 0.25) is 0 Å². The van der Waals surface area contributed by atoms with Crippen LogP contribution in [0.4, 0.5) is 5.69 Å². The Morgan fingerprint density at radius 3 is 2.27 bits per heavy atom. The number of carbonyl (C=O) groups excluding carboxylic acids is 1. The summed E-state index contributed by atoms with van der Waals surface area (Å²) in [5.41, 5.74) is 1.69. The van der Waals surface area contributed by atoms with Gasteiger partial charge in [-0.1, -0.05) is 48.5 Å². The summed E-state index contributed by atoms with van der Waals surface area (Å²) in [6.07, 6.45) is 2.50. The van der Waals surface area contributed by atoms with Crippen LogP contribution in [-0.4, -0.2) is 51.0 Å². The molecule has 0 N–H and O–H groups in total. The molecule has 0 saturated carbocycles. The molecule has 0 aliphatic rings. The highest BCUT2D eigenvalue weighted by Gasteiger charge is 2.25. The van der Waals surface area contributed by atoms with Crippen molar-refractivity contribution in [2.45, 2.75) is 13.5 Å². The van der Waals surface area contributed by atoms with Crippen LogP contribution in [-0.2, 0) is 39.4 Å². The van der Waals surface area contributed by atoms with Crippen molar-refractivity contribution in [1.29, 1.82) is 0 Å². The van der Waals surface area contributed by atoms with Gasteiger partial charge in [0.2, 0.25) is 0 Å². The number of ether oxygens (including phenoxy) is 2. The van der Waals surface area contributed by atoms with E-state index in [4.69, 9.17) is 9.47 Å². The molecule has 2 heterocycles. The number of hydrogen-bond acceptors (Lipinski definition) is 8. The summed E-state index contributed by atoms with van der Waals surface area (Å²) in [5, 5.41) is 0.394. The van der Waals surface area contributed by atoms with E-state index in [1.807, 2.05) is 36.4 Å². The van der Waals surface area contributed by atoms with Gasteiger partial charge in [-0.25, -0.2) is 13.2 Å². The van der Waals surface area contributed by atoms with Crippen molar-refractivity contribution in [3.05, 3.63) is 113 Å². The third-order valence-electron chi connectivity index (χ3n) is 6.94. The summed E-state index contributed by atoms with van der Waals surface area (Å²) in [4.78, 5) is 26.9. The van der Waals surface area contributed by atoms with Gasteiger partial charge in [0.25, 0.3) is 5.56 Å². The fraction of sp³-hybridized carbons (Fsp3) is 0.188. The molecule has 0 aliphatic heterocycles. The van der Waals surface area contributed by atoms with E-state index in [2.05, 4.69) is 0 Å². The lowest BCUT2D eigenvalue weighted by Crippen LogP contribution is -2.31. The topological polar surface area (TPSA) is 140 Å². The van der Waals surface area contributed by atoms with E-state index >= 15 is 0 Å². The van der Waals surface area contributed by atoms with Gasteiger partial charge in [0.1, 0.15) is 28.6 Å². The standard InChI is InChI=1S/C32H31N3O8S2/c1-4-42-32(37)28-18-26-27(20-33(2)31(36)30(26)34(28)19-22-11-7-5-8-12-22)25-17-23(35(44(38)39)21-45(3,40)41)15-16-29(25)43-24-13-9-6-10-14-24/h5-18,20H,4,19,21H2,1-3H3,(H,38,39)/p-1. The smallest absolute Gasteiger partial charge is 0.354 e. The maximum atomic E-state index is 13.7. The Labute approximate surface area is 262 Å². The summed E-state index contributed by atoms with van der Waals surface area (Å²) in [6, 6.07) is 24.3. The number of pyridine rings is 1. The molecule has 11 nitrogen and oxygen atoms in total. The highest BCUT2D eigenvalue weighted by Crippen LogP contribution is 2.40. The summed E-state index contributed by atoms with van der Waals surface area (Å²) < 4.78 is 63.9. The number of fused-ring (bicyclic) bond motifs is 1. The first kappa shape index (κ1) is 31.7. The molecule has 0 fully saturated rings. The lowest BCUT2D eigenvalue weighted by atomic mass is 10.0. The Bertz CT molecular complexity index is 2060. The number of nitrogens with zero attached hydrogens (tertiary/aromatic N) is 3. The van der Waals surface area contributed by atoms with E-state index in [1.165, 1.54) is 22.8 Å². The molecule has 1 unspecified atom stereocenters. The highest BCUT2D eigenvalue weighted by molar-refractivity contribution is 7.92. The third kappa shape index (κ3) is 7.00. The van der Waals surface area contributed by atoms with Crippen LogP contribution in [0.5, 0.6) is 11.5 Å². The predicted octanol–water partition coefficient (Wildman–Crippen LogP) is 4.63. The number of esters is 1. The molecule has 0 amide bonds. The van der Waals surface area contributed by atoms with Gasteiger partial charge in [-0.05, 0) is 48.9 Å². The monoisotopic (exact) mass is 648 g/mol. The number of sulfone groups is 1. The van der Waals surface area contributed by atoms with Crippen molar-refractivity contribution in [2.24, 2.45) is 7.05 Å². The van der Waals surface area contributed by atoms with Crippen LogP contribution in [0.3, 0.4) is 0 Å². The lowest BCUT2D eigenvalue weighted by molar-refractivity contribution is 0.0515. The summed E-state index contributed by atoms with van der Waals surface area (Å²) in [6.45, 7) is 2.01. The molecule has 2 aromatic heterocycles. The fourth-order valence-electron chi connectivity index (χ4n) is 5.00. The van der Waals surface area contributed by atoms with E-state index in [9.17, 15) is 26.8 Å². The molecule has 0 aliphatic carbocycles. The minimum atomic E-state index is -3.75. The first-order valence-corrected chi connectivity index (χ1v) is 16.9. The average Bonchev–Trinajstić information content (AvgIpc) is 3.38. The number of aromatic nitrogens is 2. The number of rotatable bonds is 11. The Morgan fingerprint density at radius 2 is 1.64 bits per heavy atom. The van der Waals surface area contributed by atoms with Gasteiger partial charge >= 0.3 is 5.97 Å². The lowest BCUT2D eigenvalue weighted by Gasteiger charge is -2.26. The fourth-order valence-corrected chi connectivity index (χ4v) is 6.78. The van der Waals surface area contributed by atoms with Crippen molar-refractivity contribution in [3.63, 3.8) is 0 Å². The molecule has 5 rings (SSSR count). The van der Waals surface area contributed by atoms with Crippen LogP contribution in [0, 0.1) is 0 Å². The van der Waals surface area contributed by atoms with Crippen LogP contribution in [0.25, 0.3) is 22.0 Å². The van der Waals surface area contributed by atoms with E-state index in [-0.39, 0.29) is 35.6 Å². The van der Waals surface area contributed by atoms with Gasteiger partial charge < -0.3 is 23.2 Å². The number of carbonyl (C=O) groups is 1. The Hall–Kier alpha value is -4.72. The number of anilines is 1. The molecule has 5 aromatic rings. The number of para-hydroxylation sites is 1. The third-order valence-corrected chi connectivity index (χ3v) is 8.54. The number of hydrogen-bond donors (Lipinski definition) is 0. The molecule has 1 atom stereocenters. The van der Waals surface area contributed by atoms with Crippen molar-refractivity contribution in [3.8, 4) is 22.6 Å². The van der Waals surface area contributed by atoms with E-state index in [0.717, 1.165) is 16.1 Å². The van der Waals surface area contributed by atoms with Gasteiger partial charge in [0.05, 0.1) is 12.3 Å². The van der Waals surface area contributed by atoms with Gasteiger partial charge in [-0.3, -0.25) is 13.3 Å². The second kappa shape index (κ2) is 13.1. The number of benzene rings is 3. The zero-order chi connectivity index (χ0) is 32.3. The molecule has 3 aromatic carbocycles. The van der Waals surface area contributed by atoms with E-state index in [1.54, 1.807) is 55.1 Å². The van der Waals surface area contributed by atoms with Crippen LogP contribution >= 0.6 is 0 Å². The molecular weight excluding hydrogens is 618 g/mol. The van der Waals surface area contributed by atoms with E-state index in [0.29, 0.717) is 28.0 Å². The quantitative estimate of drug-likeness (QED) is 0.149. The zero-order valence-corrected chi connectivity index (χ0v) is 26.3. The minimum absolute atomic E-state index is 0.0560. The molecule has 45 heavy (non-hydrogen) atoms. The van der Waals surface area contributed by atoms with Crippen LogP contribution in [0.1, 0.15) is 23.0 Å². The molecular formula is C32H30N3O8S2-. The zero-order valence-electron chi connectivity index (χ0n) is 24.7. The van der Waals surface area contributed by atoms with Crippen LogP contribution in [0.15, 0.2) is 95.9 Å². The predicted molar refractivity (Wildman–Crippen MR) is 172 cm³/mol. The van der Waals surface area contributed by atoms with Gasteiger partial charge in [-0.2, -0.15) is 0 Å². The molecule has 234 valence electrons. The normalized spacial score (nSPS) is 12.2. The van der Waals surface area contributed by atoms with E-state index < -0.39 is 32.9 Å². The van der Waals surface area contributed by atoms with Crippen LogP contribution < -0.4 is 14.6 Å². The summed E-state index contributed by atoms with van der Waals surface area (Å²) >= 11 is -2.93. The molecule has 0 bridgehead atoms. The SMILES string of the molecule is CCOC(=O)c1cc2c(-c3cc(N(CS(C)(=O)=O)S(=O)[O-])ccc3Oc3ccccc3)cn(C)c(=O)c2n1Cc1ccccc1. The second-order valence-corrected chi connectivity index (χ2v) is 13.3. The Balaban J connectivity index is 1.81. The highest BCUT2D eigenvalue weighted by atomic mass is 32.2. The first-order valence-electron chi connectivity index (χ1n) is 13.8. The van der Waals surface area contributed by atoms with Gasteiger partial charge in [0.15, 0.2) is 9.84 Å². The first-order chi connectivity index (χ1) is 21.5. The second-order valence-electron chi connectivity index (χ2n) is 10.3.